The van der Waals surface area contributed by atoms with Gasteiger partial charge in [0.2, 0.25) is 0 Å². The van der Waals surface area contributed by atoms with Crippen LogP contribution in [0.25, 0.3) is 0 Å². The number of benzene rings is 1. The first-order valence-corrected chi connectivity index (χ1v) is 12.1. The number of thioether (sulfide) groups is 1. The van der Waals surface area contributed by atoms with Gasteiger partial charge in [0.1, 0.15) is 0 Å². The lowest BCUT2D eigenvalue weighted by Crippen LogP contribution is -2.46. The number of likely N-dealkylation sites (tertiary alicyclic amines) is 1. The maximum atomic E-state index is 5.49. The summed E-state index contributed by atoms with van der Waals surface area (Å²) in [5, 5.41) is 3.76. The van der Waals surface area contributed by atoms with Crippen molar-refractivity contribution in [1.29, 1.82) is 0 Å². The molecule has 6 heteroatoms. The molecule has 0 aromatic heterocycles. The molecule has 1 saturated carbocycles. The standard InChI is InChI=1S/C23H36N4OS/c1-24-22(27-12-9-20(18-27)17-26-13-15-28-16-14-26)25-19-23(10-5-6-11-23)29-21-7-3-2-4-8-21/h2-4,7-8,20H,5-6,9-19H2,1H3,(H,24,25). The van der Waals surface area contributed by atoms with E-state index in [0.717, 1.165) is 57.8 Å². The van der Waals surface area contributed by atoms with Gasteiger partial charge in [-0.3, -0.25) is 9.89 Å². The van der Waals surface area contributed by atoms with Gasteiger partial charge in [0.25, 0.3) is 0 Å². The number of guanidine groups is 1. The summed E-state index contributed by atoms with van der Waals surface area (Å²) in [6.45, 7) is 8.39. The Morgan fingerprint density at radius 3 is 2.66 bits per heavy atom. The van der Waals surface area contributed by atoms with E-state index >= 15 is 0 Å². The molecule has 3 aliphatic rings. The second-order valence-electron chi connectivity index (χ2n) is 8.72. The first-order valence-electron chi connectivity index (χ1n) is 11.3. The summed E-state index contributed by atoms with van der Waals surface area (Å²) in [5.74, 6) is 1.83. The molecule has 0 amide bonds. The Kier molecular flexibility index (Phi) is 7.38. The lowest BCUT2D eigenvalue weighted by molar-refractivity contribution is 0.0315. The Balaban J connectivity index is 1.30. The van der Waals surface area contributed by atoms with Crippen molar-refractivity contribution in [2.45, 2.75) is 41.7 Å². The zero-order valence-corrected chi connectivity index (χ0v) is 18.6. The molecule has 4 rings (SSSR count). The zero-order chi connectivity index (χ0) is 19.9. The predicted molar refractivity (Wildman–Crippen MR) is 122 cm³/mol. The van der Waals surface area contributed by atoms with Crippen molar-refractivity contribution in [3.05, 3.63) is 30.3 Å². The van der Waals surface area contributed by atoms with E-state index in [2.05, 4.69) is 62.2 Å². The van der Waals surface area contributed by atoms with Crippen LogP contribution in [-0.2, 0) is 4.74 Å². The summed E-state index contributed by atoms with van der Waals surface area (Å²) in [5.41, 5.74) is 0. The summed E-state index contributed by atoms with van der Waals surface area (Å²) in [7, 11) is 1.93. The highest BCUT2D eigenvalue weighted by Gasteiger charge is 2.36. The zero-order valence-electron chi connectivity index (χ0n) is 17.8. The second-order valence-corrected chi connectivity index (χ2v) is 10.3. The van der Waals surface area contributed by atoms with Crippen molar-refractivity contribution >= 4 is 17.7 Å². The van der Waals surface area contributed by atoms with Gasteiger partial charge in [-0.25, -0.2) is 0 Å². The second kappa shape index (κ2) is 10.2. The molecule has 0 bridgehead atoms. The lowest BCUT2D eigenvalue weighted by Gasteiger charge is -2.32. The van der Waals surface area contributed by atoms with Gasteiger partial charge >= 0.3 is 0 Å². The van der Waals surface area contributed by atoms with Gasteiger partial charge in [-0.05, 0) is 37.3 Å². The minimum atomic E-state index is 0.296. The van der Waals surface area contributed by atoms with Gasteiger partial charge in [0.15, 0.2) is 5.96 Å². The minimum absolute atomic E-state index is 0.296. The summed E-state index contributed by atoms with van der Waals surface area (Å²) in [6.07, 6.45) is 6.52. The van der Waals surface area contributed by atoms with E-state index in [1.807, 2.05) is 7.05 Å². The van der Waals surface area contributed by atoms with Crippen molar-refractivity contribution < 1.29 is 4.74 Å². The van der Waals surface area contributed by atoms with E-state index in [1.54, 1.807) is 0 Å². The maximum absolute atomic E-state index is 5.49. The summed E-state index contributed by atoms with van der Waals surface area (Å²) >= 11 is 2.06. The van der Waals surface area contributed by atoms with Gasteiger partial charge < -0.3 is 15.0 Å². The molecule has 1 aromatic carbocycles. The van der Waals surface area contributed by atoms with Gasteiger partial charge in [-0.2, -0.15) is 0 Å². The fourth-order valence-electron chi connectivity index (χ4n) is 4.97. The van der Waals surface area contributed by atoms with Crippen LogP contribution in [0.3, 0.4) is 0 Å². The molecule has 1 atom stereocenters. The van der Waals surface area contributed by atoms with E-state index in [1.165, 1.54) is 43.5 Å². The van der Waals surface area contributed by atoms with Crippen LogP contribution in [-0.4, -0.2) is 80.0 Å². The molecule has 29 heavy (non-hydrogen) atoms. The Bertz CT molecular complexity index is 656. The highest BCUT2D eigenvalue weighted by Crippen LogP contribution is 2.44. The third kappa shape index (κ3) is 5.68. The molecule has 1 aromatic rings. The molecular formula is C23H36N4OS. The fourth-order valence-corrected chi connectivity index (χ4v) is 6.40. The largest absolute Gasteiger partial charge is 0.379 e. The molecule has 5 nitrogen and oxygen atoms in total. The number of morpholine rings is 1. The SMILES string of the molecule is CN=C(NCC1(Sc2ccccc2)CCCC1)N1CCC(CN2CCOCC2)C1. The van der Waals surface area contributed by atoms with Crippen molar-refractivity contribution in [3.63, 3.8) is 0 Å². The highest BCUT2D eigenvalue weighted by atomic mass is 32.2. The van der Waals surface area contributed by atoms with Crippen LogP contribution in [0.5, 0.6) is 0 Å². The molecular weight excluding hydrogens is 380 g/mol. The Labute approximate surface area is 180 Å². The van der Waals surface area contributed by atoms with Crippen molar-refractivity contribution in [3.8, 4) is 0 Å². The number of rotatable bonds is 6. The maximum Gasteiger partial charge on any atom is 0.193 e. The van der Waals surface area contributed by atoms with Crippen LogP contribution in [0.15, 0.2) is 40.2 Å². The van der Waals surface area contributed by atoms with E-state index in [-0.39, 0.29) is 0 Å². The third-order valence-corrected chi connectivity index (χ3v) is 8.07. The van der Waals surface area contributed by atoms with Crippen LogP contribution in [0.1, 0.15) is 32.1 Å². The van der Waals surface area contributed by atoms with Crippen molar-refractivity contribution in [2.75, 3.05) is 59.5 Å². The number of nitrogens with one attached hydrogen (secondary N) is 1. The third-order valence-electron chi connectivity index (χ3n) is 6.58. The molecule has 1 aliphatic carbocycles. The lowest BCUT2D eigenvalue weighted by atomic mass is 10.1. The Morgan fingerprint density at radius 1 is 1.17 bits per heavy atom. The van der Waals surface area contributed by atoms with Crippen molar-refractivity contribution in [1.82, 2.24) is 15.1 Å². The van der Waals surface area contributed by atoms with Crippen LogP contribution in [0.2, 0.25) is 0 Å². The van der Waals surface area contributed by atoms with E-state index in [4.69, 9.17) is 4.74 Å². The number of hydrogen-bond donors (Lipinski definition) is 1. The first kappa shape index (κ1) is 21.0. The Hall–Kier alpha value is -1.24. The molecule has 1 N–H and O–H groups in total. The van der Waals surface area contributed by atoms with E-state index < -0.39 is 0 Å². The predicted octanol–water partition coefficient (Wildman–Crippen LogP) is 3.32. The van der Waals surface area contributed by atoms with Crippen molar-refractivity contribution in [2.24, 2.45) is 10.9 Å². The average molecular weight is 417 g/mol. The summed E-state index contributed by atoms with van der Waals surface area (Å²) < 4.78 is 5.79. The quantitative estimate of drug-likeness (QED) is 0.569. The van der Waals surface area contributed by atoms with Crippen LogP contribution < -0.4 is 5.32 Å². The van der Waals surface area contributed by atoms with Gasteiger partial charge in [0, 0.05) is 56.0 Å². The van der Waals surface area contributed by atoms with Crippen LogP contribution >= 0.6 is 11.8 Å². The van der Waals surface area contributed by atoms with Gasteiger partial charge in [-0.1, -0.05) is 31.0 Å². The van der Waals surface area contributed by atoms with Gasteiger partial charge in [-0.15, -0.1) is 11.8 Å². The van der Waals surface area contributed by atoms with Crippen LogP contribution in [0, 0.1) is 5.92 Å². The number of nitrogens with zero attached hydrogens (tertiary/aromatic N) is 3. The smallest absolute Gasteiger partial charge is 0.193 e. The normalized spacial score (nSPS) is 25.5. The number of ether oxygens (including phenoxy) is 1. The molecule has 0 radical (unpaired) electrons. The first-order chi connectivity index (χ1) is 14.3. The molecule has 2 saturated heterocycles. The fraction of sp³-hybridized carbons (Fsp3) is 0.696. The van der Waals surface area contributed by atoms with E-state index in [0.29, 0.717) is 4.75 Å². The molecule has 3 fully saturated rings. The minimum Gasteiger partial charge on any atom is -0.379 e. The molecule has 2 aliphatic heterocycles. The average Bonchev–Trinajstić information content (AvgIpc) is 3.40. The highest BCUT2D eigenvalue weighted by molar-refractivity contribution is 8.00. The number of aliphatic imine (C=N–C) groups is 1. The summed E-state index contributed by atoms with van der Waals surface area (Å²) in [6, 6.07) is 10.9. The summed E-state index contributed by atoms with van der Waals surface area (Å²) in [4.78, 5) is 11.1. The molecule has 1 unspecified atom stereocenters. The number of hydrogen-bond acceptors (Lipinski definition) is 4. The topological polar surface area (TPSA) is 40.1 Å². The molecule has 0 spiro atoms. The van der Waals surface area contributed by atoms with Crippen LogP contribution in [0.4, 0.5) is 0 Å². The van der Waals surface area contributed by atoms with Gasteiger partial charge in [0.05, 0.1) is 13.2 Å². The molecule has 2 heterocycles. The Morgan fingerprint density at radius 2 is 1.93 bits per heavy atom. The molecule has 160 valence electrons. The van der Waals surface area contributed by atoms with E-state index in [9.17, 15) is 0 Å². The monoisotopic (exact) mass is 416 g/mol.